The maximum atomic E-state index is 12.8. The van der Waals surface area contributed by atoms with Crippen molar-refractivity contribution in [3.63, 3.8) is 0 Å². The zero-order valence-electron chi connectivity index (χ0n) is 71.5. The number of rotatable bonds is 35. The minimum absolute atomic E-state index is 0.908. The molecule has 0 aliphatic carbocycles. The van der Waals surface area contributed by atoms with Crippen LogP contribution in [0.2, 0.25) is 0 Å². The summed E-state index contributed by atoms with van der Waals surface area (Å²) in [6, 6.07) is -1.94. The highest BCUT2D eigenvalue weighted by molar-refractivity contribution is 5.73. The zero-order chi connectivity index (χ0) is 99.7. The van der Waals surface area contributed by atoms with Crippen LogP contribution in [0.4, 0.5) is 0 Å². The van der Waals surface area contributed by atoms with Gasteiger partial charge >= 0.3 is 0 Å². The van der Waals surface area contributed by atoms with Crippen molar-refractivity contribution in [3.8, 4) is 0 Å². The minimum Gasteiger partial charge on any atom is -0.394 e. The van der Waals surface area contributed by atoms with Gasteiger partial charge in [-0.25, -0.2) is 0 Å². The van der Waals surface area contributed by atoms with Crippen LogP contribution in [0.5, 0.6) is 0 Å². The Hall–Kier alpha value is -2.93. The van der Waals surface area contributed by atoms with Crippen LogP contribution in [0.15, 0.2) is 0 Å². The molecule has 62 heteroatoms. The van der Waals surface area contributed by atoms with Gasteiger partial charge in [-0.2, -0.15) is 0 Å². The Bertz CT molecular complexity index is 3590. The van der Waals surface area contributed by atoms with E-state index < -0.39 is 454 Å². The Kier molecular flexibility index (Phi) is 40.0. The van der Waals surface area contributed by atoms with Gasteiger partial charge in [0.05, 0.1) is 79.3 Å². The molecule has 0 aromatic heterocycles. The second kappa shape index (κ2) is 48.6. The molecular weight excluding hydrogens is 1880 g/mol. The molecule has 38 N–H and O–H groups in total. The van der Waals surface area contributed by atoms with Crippen molar-refractivity contribution in [2.24, 2.45) is 0 Å². The fourth-order valence-corrected chi connectivity index (χ4v) is 17.5. The van der Waals surface area contributed by atoms with E-state index in [1.165, 1.54) is 0 Å². The van der Waals surface area contributed by atoms with Crippen molar-refractivity contribution in [1.82, 2.24) is 5.32 Å². The molecule has 12 aliphatic heterocycles. The average molecular weight is 2000 g/mol. The molecule has 0 radical (unpaired) electrons. The van der Waals surface area contributed by atoms with Crippen molar-refractivity contribution in [3.05, 3.63) is 0 Å². The van der Waals surface area contributed by atoms with Gasteiger partial charge in [-0.3, -0.25) is 4.79 Å². The highest BCUT2D eigenvalue weighted by Crippen LogP contribution is 2.43. The van der Waals surface area contributed by atoms with Crippen molar-refractivity contribution >= 4 is 5.91 Å². The van der Waals surface area contributed by atoms with E-state index in [-0.39, 0.29) is 0 Å². The Labute approximate surface area is 766 Å². The predicted octanol–water partition coefficient (Wildman–Crippen LogP) is -27.0. The minimum atomic E-state index is -2.69. The van der Waals surface area contributed by atoms with E-state index in [1.54, 1.807) is 0 Å². The fourth-order valence-electron chi connectivity index (χ4n) is 17.5. The van der Waals surface area contributed by atoms with Gasteiger partial charge in [-0.1, -0.05) is 0 Å². The first-order valence-electron chi connectivity index (χ1n) is 43.2. The molecule has 1 unspecified atom stereocenters. The van der Waals surface area contributed by atoms with Crippen molar-refractivity contribution in [2.75, 3.05) is 79.3 Å². The molecule has 12 heterocycles. The van der Waals surface area contributed by atoms with Gasteiger partial charge in [-0.15, -0.1) is 0 Å². The maximum Gasteiger partial charge on any atom is 0.217 e. The third-order valence-corrected chi connectivity index (χ3v) is 25.5. The first-order valence-corrected chi connectivity index (χ1v) is 43.2. The van der Waals surface area contributed by atoms with Crippen LogP contribution in [-0.2, 0) is 114 Å². The van der Waals surface area contributed by atoms with Crippen LogP contribution in [0.3, 0.4) is 0 Å². The summed E-state index contributed by atoms with van der Waals surface area (Å²) in [6.07, 6.45) is -132. The van der Waals surface area contributed by atoms with Crippen molar-refractivity contribution in [2.45, 2.75) is 375 Å². The number of ether oxygens (including phenoxy) is 23. The van der Waals surface area contributed by atoms with Crippen LogP contribution in [0.25, 0.3) is 0 Å². The number of carbonyl (C=O) groups excluding carboxylic acids is 1. The Morgan fingerprint density at radius 3 is 0.669 bits per heavy atom. The van der Waals surface area contributed by atoms with Crippen LogP contribution in [0, 0.1) is 0 Å². The molecular formula is C74H125NO61. The van der Waals surface area contributed by atoms with Gasteiger partial charge in [-0.05, 0) is 0 Å². The van der Waals surface area contributed by atoms with Crippen LogP contribution >= 0.6 is 0 Å². The quantitative estimate of drug-likeness (QED) is 0.0280. The summed E-state index contributed by atoms with van der Waals surface area (Å²) in [6.45, 7) is -13.2. The average Bonchev–Trinajstić information content (AvgIpc) is 0.755. The standard InChI is InChI=1S/C74H125NO61/c1-14(86)75-27-54(35(94)22(9-83)116-63(27)113)128-70-53(112)58(132-73-62(46(105)34(93)20(7-81)124-73)136-74-61(45(104)33(92)21(8-82)125-74)135-69-52(111)56(37(96)24(11-85)121-69)130-68-51(110)55(36(95)23(10-84)120-68)129-65-47(106)40(99)28(87)15(2-76)117-65)39(98)26(127-70)12-114-64-50(109)57(131-72-60(44(103)32(91)19(6-80)123-72)134-67-49(108)42(101)30(89)17(4-78)119-67)38(97)25(126-64)13-115-71-59(43(102)31(90)18(5-79)122-71)133-66-48(107)41(100)29(88)16(3-77)118-66/h15-74,76-85,87-113H,2-13H2,1H3,(H,75,86)/t15-,16-,17-,18-,19-,20-,21-,22-,23-,24-,25-,26-,27-,28-,29-,30-,31-,32-,33-,34-,35-,36-,37-,38-,39-,40+,41+,42+,43+,44+,45+,46+,47-,48+,49+,50+,51-,52+,53+,54-,55+,56+,57+,58+,59+,60+,61+,62+,63?,64+,65-,66-,67-,68-,69-,70+,71+,72-,73-,74-/m1/s1. The lowest BCUT2D eigenvalue weighted by Crippen LogP contribution is -2.69. The lowest BCUT2D eigenvalue weighted by molar-refractivity contribution is -0.411. The normalized spacial score (nSPS) is 52.8. The largest absolute Gasteiger partial charge is 0.394 e. The number of aliphatic hydroxyl groups excluding tert-OH is 37. The summed E-state index contributed by atoms with van der Waals surface area (Å²) in [5.74, 6) is -0.972. The molecule has 62 nitrogen and oxygen atoms in total. The molecule has 60 atom stereocenters. The number of carbonyl (C=O) groups is 1. The smallest absolute Gasteiger partial charge is 0.217 e. The Morgan fingerprint density at radius 2 is 0.375 bits per heavy atom. The van der Waals surface area contributed by atoms with Crippen LogP contribution < -0.4 is 5.32 Å². The van der Waals surface area contributed by atoms with E-state index in [9.17, 15) is 194 Å². The lowest BCUT2D eigenvalue weighted by atomic mass is 9.94. The molecule has 136 heavy (non-hydrogen) atoms. The van der Waals surface area contributed by atoms with E-state index in [1.807, 2.05) is 0 Å². The molecule has 0 saturated carbocycles. The maximum absolute atomic E-state index is 12.8. The topological polar surface area (TPSA) is 990 Å². The Morgan fingerprint density at radius 1 is 0.191 bits per heavy atom. The van der Waals surface area contributed by atoms with Gasteiger partial charge in [0.1, 0.15) is 293 Å². The highest BCUT2D eigenvalue weighted by Gasteiger charge is 2.63. The molecule has 12 rings (SSSR count). The summed E-state index contributed by atoms with van der Waals surface area (Å²) in [7, 11) is 0. The van der Waals surface area contributed by atoms with Crippen molar-refractivity contribution < 1.29 is 303 Å². The van der Waals surface area contributed by atoms with E-state index in [0.717, 1.165) is 6.92 Å². The van der Waals surface area contributed by atoms with Gasteiger partial charge in [0.2, 0.25) is 5.91 Å². The van der Waals surface area contributed by atoms with E-state index in [0.29, 0.717) is 0 Å². The third-order valence-electron chi connectivity index (χ3n) is 25.5. The number of aliphatic hydroxyl groups is 37. The summed E-state index contributed by atoms with van der Waals surface area (Å²) in [5, 5.41) is 415. The van der Waals surface area contributed by atoms with Crippen LogP contribution in [-0.4, -0.2) is 643 Å². The second-order valence-electron chi connectivity index (χ2n) is 34.4. The van der Waals surface area contributed by atoms with E-state index in [4.69, 9.17) is 109 Å². The summed E-state index contributed by atoms with van der Waals surface area (Å²) in [4.78, 5) is 12.8. The van der Waals surface area contributed by atoms with Crippen LogP contribution in [0.1, 0.15) is 6.92 Å². The van der Waals surface area contributed by atoms with Gasteiger partial charge in [0.15, 0.2) is 75.5 Å². The van der Waals surface area contributed by atoms with E-state index in [2.05, 4.69) is 5.32 Å². The fraction of sp³-hybridized carbons (Fsp3) is 0.986. The number of amides is 1. The molecule has 0 bridgehead atoms. The van der Waals surface area contributed by atoms with Crippen molar-refractivity contribution in [1.29, 1.82) is 0 Å². The number of hydrogen-bond acceptors (Lipinski definition) is 61. The molecule has 12 fully saturated rings. The number of hydrogen-bond donors (Lipinski definition) is 38. The summed E-state index contributed by atoms with van der Waals surface area (Å²) >= 11 is 0. The number of nitrogens with one attached hydrogen (secondary N) is 1. The van der Waals surface area contributed by atoms with E-state index >= 15 is 0 Å². The molecule has 0 aromatic rings. The Balaban J connectivity index is 0.865. The van der Waals surface area contributed by atoms with Gasteiger partial charge in [0, 0.05) is 6.92 Å². The first kappa shape index (κ1) is 112. The molecule has 1 amide bonds. The summed E-state index contributed by atoms with van der Waals surface area (Å²) in [5.41, 5.74) is 0. The molecule has 0 spiro atoms. The molecule has 0 aromatic carbocycles. The third kappa shape index (κ3) is 23.5. The predicted molar refractivity (Wildman–Crippen MR) is 407 cm³/mol. The van der Waals surface area contributed by atoms with Gasteiger partial charge in [0.25, 0.3) is 0 Å². The van der Waals surface area contributed by atoms with Gasteiger partial charge < -0.3 is 303 Å². The monoisotopic (exact) mass is 2000 g/mol. The lowest BCUT2D eigenvalue weighted by Gasteiger charge is -2.51. The molecule has 12 saturated heterocycles. The molecule has 792 valence electrons. The highest BCUT2D eigenvalue weighted by atomic mass is 16.8. The SMILES string of the molecule is CC(=O)N[C@H]1C(O)O[C@H](CO)[C@@H](O)[C@@H]1O[C@@H]1O[C@H](CO[C@H]2O[C@H](CO[C@H]3O[C@H](CO)[C@@H](O)[C@H](O)[C@@H]3O[C@H]3O[C@H](CO)[C@@H](O)[C@H](O)[C@@H]3O)[C@@H](O)[C@H](O[C@H]3O[C@H](CO)[C@@H](O)[C@H](O)[C@@H]3O[C@H]3O[C@H](CO)[C@@H](O)[C@H](O)[C@@H]3O)[C@@H]2O)[C@@H](O)[C@H](O[C@H]2O[C@H](CO)[C@@H](O)[C@H](O)[C@@H]2O[C@H]2O[C@H](CO)[C@@H](O)[C@H](O)[C@@H]2O[C@H]2O[C@H](CO)[C@@H](O)[C@H](O[C@H]3O[C@H](CO)[C@@H](O)[C@H](O[C@H]4O[C@H](CO)[C@@H](O)[C@H](O)[C@H]4O)[C@H]3O)[C@@H]2O)[C@@H]1O. The molecule has 12 aliphatic rings. The first-order chi connectivity index (χ1) is 64.5. The summed E-state index contributed by atoms with van der Waals surface area (Å²) < 4.78 is 134. The zero-order valence-corrected chi connectivity index (χ0v) is 71.5. The second-order valence-corrected chi connectivity index (χ2v) is 34.4.